The fraction of sp³-hybridized carbons (Fsp3) is 0.312. The van der Waals surface area contributed by atoms with Gasteiger partial charge in [-0.1, -0.05) is 18.5 Å². The molecule has 0 aliphatic heterocycles. The molecule has 0 saturated carbocycles. The van der Waals surface area contributed by atoms with Crippen molar-refractivity contribution < 1.29 is 4.74 Å². The average molecular weight is 307 g/mol. The normalized spacial score (nSPS) is 10.4. The second-order valence-electron chi connectivity index (χ2n) is 4.76. The zero-order chi connectivity index (χ0) is 15.2. The summed E-state index contributed by atoms with van der Waals surface area (Å²) < 4.78 is 7.02. The van der Waals surface area contributed by atoms with Gasteiger partial charge in [-0.05, 0) is 30.7 Å². The van der Waals surface area contributed by atoms with Crippen LogP contribution in [0.3, 0.4) is 0 Å². The largest absolute Gasteiger partial charge is 0.496 e. The predicted octanol–water partition coefficient (Wildman–Crippen LogP) is 3.53. The highest BCUT2D eigenvalue weighted by atomic mass is 35.5. The van der Waals surface area contributed by atoms with Crippen LogP contribution in [0.15, 0.2) is 41.3 Å². The molecule has 21 heavy (non-hydrogen) atoms. The van der Waals surface area contributed by atoms with Gasteiger partial charge in [-0.3, -0.25) is 4.79 Å². The Morgan fingerprint density at radius 2 is 2.10 bits per heavy atom. The van der Waals surface area contributed by atoms with Crippen molar-refractivity contribution in [1.82, 2.24) is 4.57 Å². The summed E-state index contributed by atoms with van der Waals surface area (Å²) in [5, 5.41) is 3.96. The van der Waals surface area contributed by atoms with Crippen LogP contribution in [0.4, 0.5) is 5.69 Å². The number of nitrogens with one attached hydrogen (secondary N) is 1. The number of hydrogen-bond acceptors (Lipinski definition) is 3. The van der Waals surface area contributed by atoms with Crippen LogP contribution in [-0.2, 0) is 13.1 Å². The van der Waals surface area contributed by atoms with Gasteiger partial charge in [0.25, 0.3) is 5.56 Å². The summed E-state index contributed by atoms with van der Waals surface area (Å²) in [5.74, 6) is 0.786. The van der Waals surface area contributed by atoms with Gasteiger partial charge in [0.15, 0.2) is 0 Å². The Kier molecular flexibility index (Phi) is 5.28. The SMILES string of the molecule is CCCn1cc(NCc2cc(Cl)ccc2OC)ccc1=O. The summed E-state index contributed by atoms with van der Waals surface area (Å²) in [6, 6.07) is 8.87. The van der Waals surface area contributed by atoms with Gasteiger partial charge in [0.2, 0.25) is 0 Å². The van der Waals surface area contributed by atoms with Gasteiger partial charge in [0, 0.05) is 35.9 Å². The van der Waals surface area contributed by atoms with Crippen molar-refractivity contribution in [2.75, 3.05) is 12.4 Å². The van der Waals surface area contributed by atoms with Crippen LogP contribution in [-0.4, -0.2) is 11.7 Å². The van der Waals surface area contributed by atoms with Gasteiger partial charge in [-0.25, -0.2) is 0 Å². The quantitative estimate of drug-likeness (QED) is 0.888. The highest BCUT2D eigenvalue weighted by Gasteiger charge is 2.04. The summed E-state index contributed by atoms with van der Waals surface area (Å²) in [5.41, 5.74) is 1.88. The van der Waals surface area contributed by atoms with Crippen LogP contribution in [0.1, 0.15) is 18.9 Å². The van der Waals surface area contributed by atoms with Crippen LogP contribution in [0.25, 0.3) is 0 Å². The van der Waals surface area contributed by atoms with E-state index in [2.05, 4.69) is 5.32 Å². The maximum atomic E-state index is 11.7. The van der Waals surface area contributed by atoms with E-state index in [0.717, 1.165) is 30.0 Å². The Hall–Kier alpha value is -1.94. The maximum Gasteiger partial charge on any atom is 0.250 e. The average Bonchev–Trinajstić information content (AvgIpc) is 2.48. The van der Waals surface area contributed by atoms with E-state index in [0.29, 0.717) is 11.6 Å². The number of pyridine rings is 1. The molecule has 0 spiro atoms. The molecule has 0 radical (unpaired) electrons. The van der Waals surface area contributed by atoms with E-state index in [1.807, 2.05) is 25.3 Å². The van der Waals surface area contributed by atoms with Crippen molar-refractivity contribution in [1.29, 1.82) is 0 Å². The zero-order valence-corrected chi connectivity index (χ0v) is 13.0. The van der Waals surface area contributed by atoms with E-state index >= 15 is 0 Å². The van der Waals surface area contributed by atoms with Crippen LogP contribution in [0, 0.1) is 0 Å². The molecule has 2 aromatic rings. The number of aryl methyl sites for hydroxylation is 1. The molecule has 0 amide bonds. The third-order valence-corrected chi connectivity index (χ3v) is 3.41. The molecule has 0 aliphatic rings. The molecule has 1 heterocycles. The van der Waals surface area contributed by atoms with Gasteiger partial charge < -0.3 is 14.6 Å². The topological polar surface area (TPSA) is 43.3 Å². The standard InChI is InChI=1S/C16H19ClN2O2/c1-3-8-19-11-14(5-7-16(19)20)18-10-12-9-13(17)4-6-15(12)21-2/h4-7,9,11,18H,3,8,10H2,1-2H3. The Morgan fingerprint density at radius 1 is 1.29 bits per heavy atom. The number of hydrogen-bond donors (Lipinski definition) is 1. The number of benzene rings is 1. The predicted molar refractivity (Wildman–Crippen MR) is 86.3 cm³/mol. The first-order chi connectivity index (χ1) is 10.1. The smallest absolute Gasteiger partial charge is 0.250 e. The molecule has 1 N–H and O–H groups in total. The first-order valence-electron chi connectivity index (χ1n) is 6.91. The van der Waals surface area contributed by atoms with E-state index in [9.17, 15) is 4.79 Å². The van der Waals surface area contributed by atoms with Crippen LogP contribution in [0.5, 0.6) is 5.75 Å². The Labute approximate surface area is 129 Å². The summed E-state index contributed by atoms with van der Waals surface area (Å²) in [6.07, 6.45) is 2.76. The second kappa shape index (κ2) is 7.18. The van der Waals surface area contributed by atoms with Crippen LogP contribution >= 0.6 is 11.6 Å². The third kappa shape index (κ3) is 4.02. The van der Waals surface area contributed by atoms with Gasteiger partial charge in [-0.2, -0.15) is 0 Å². The summed E-state index contributed by atoms with van der Waals surface area (Å²) in [6.45, 7) is 3.34. The third-order valence-electron chi connectivity index (χ3n) is 3.17. The van der Waals surface area contributed by atoms with Crippen molar-refractivity contribution in [3.8, 4) is 5.75 Å². The van der Waals surface area contributed by atoms with E-state index < -0.39 is 0 Å². The lowest BCUT2D eigenvalue weighted by Crippen LogP contribution is -2.18. The lowest BCUT2D eigenvalue weighted by Gasteiger charge is -2.12. The molecule has 0 fully saturated rings. The number of halogens is 1. The fourth-order valence-electron chi connectivity index (χ4n) is 2.13. The molecule has 0 saturated heterocycles. The van der Waals surface area contributed by atoms with Crippen LogP contribution < -0.4 is 15.6 Å². The molecular weight excluding hydrogens is 288 g/mol. The van der Waals surface area contributed by atoms with Crippen molar-refractivity contribution in [3.63, 3.8) is 0 Å². The van der Waals surface area contributed by atoms with Gasteiger partial charge >= 0.3 is 0 Å². The Bertz CT molecular complexity index is 668. The first kappa shape index (κ1) is 15.4. The van der Waals surface area contributed by atoms with Gasteiger partial charge in [-0.15, -0.1) is 0 Å². The summed E-state index contributed by atoms with van der Waals surface area (Å²) in [7, 11) is 1.63. The minimum absolute atomic E-state index is 0.0164. The van der Waals surface area contributed by atoms with E-state index in [-0.39, 0.29) is 5.56 Å². The minimum Gasteiger partial charge on any atom is -0.496 e. The zero-order valence-electron chi connectivity index (χ0n) is 12.2. The first-order valence-corrected chi connectivity index (χ1v) is 7.28. The number of nitrogens with zero attached hydrogens (tertiary/aromatic N) is 1. The van der Waals surface area contributed by atoms with E-state index in [1.54, 1.807) is 29.9 Å². The van der Waals surface area contributed by atoms with Gasteiger partial charge in [0.1, 0.15) is 5.75 Å². The summed E-state index contributed by atoms with van der Waals surface area (Å²) >= 11 is 6.01. The highest BCUT2D eigenvalue weighted by Crippen LogP contribution is 2.23. The molecule has 0 aliphatic carbocycles. The van der Waals surface area contributed by atoms with Crippen molar-refractivity contribution in [2.24, 2.45) is 0 Å². The number of ether oxygens (including phenoxy) is 1. The molecule has 4 nitrogen and oxygen atoms in total. The Morgan fingerprint density at radius 3 is 2.81 bits per heavy atom. The van der Waals surface area contributed by atoms with Crippen LogP contribution in [0.2, 0.25) is 5.02 Å². The lowest BCUT2D eigenvalue weighted by atomic mass is 10.2. The molecule has 0 atom stereocenters. The lowest BCUT2D eigenvalue weighted by molar-refractivity contribution is 0.410. The Balaban J connectivity index is 2.14. The molecular formula is C16H19ClN2O2. The summed E-state index contributed by atoms with van der Waals surface area (Å²) in [4.78, 5) is 11.7. The van der Waals surface area contributed by atoms with Gasteiger partial charge in [0.05, 0.1) is 12.8 Å². The second-order valence-corrected chi connectivity index (χ2v) is 5.20. The van der Waals surface area contributed by atoms with Crippen molar-refractivity contribution >= 4 is 17.3 Å². The molecule has 112 valence electrons. The molecule has 2 rings (SSSR count). The van der Waals surface area contributed by atoms with E-state index in [4.69, 9.17) is 16.3 Å². The highest BCUT2D eigenvalue weighted by molar-refractivity contribution is 6.30. The van der Waals surface area contributed by atoms with Crippen molar-refractivity contribution in [2.45, 2.75) is 26.4 Å². The van der Waals surface area contributed by atoms with Crippen molar-refractivity contribution in [3.05, 3.63) is 57.5 Å². The number of rotatable bonds is 6. The van der Waals surface area contributed by atoms with E-state index in [1.165, 1.54) is 0 Å². The minimum atomic E-state index is 0.0164. The number of methoxy groups -OCH3 is 1. The number of aromatic nitrogens is 1. The molecule has 1 aromatic heterocycles. The maximum absolute atomic E-state index is 11.7. The molecule has 0 bridgehead atoms. The fourth-order valence-corrected chi connectivity index (χ4v) is 2.33. The molecule has 5 heteroatoms. The number of anilines is 1. The molecule has 1 aromatic carbocycles. The molecule has 0 unspecified atom stereocenters. The monoisotopic (exact) mass is 306 g/mol.